The van der Waals surface area contributed by atoms with Crippen molar-refractivity contribution in [2.45, 2.75) is 0 Å². The summed E-state index contributed by atoms with van der Waals surface area (Å²) >= 11 is 0. The first kappa shape index (κ1) is 31.5. The minimum atomic E-state index is 0.675. The lowest BCUT2D eigenvalue weighted by molar-refractivity contribution is 0.985. The molecule has 5 nitrogen and oxygen atoms in total. The predicted octanol–water partition coefficient (Wildman–Crippen LogP) is 11.8. The van der Waals surface area contributed by atoms with E-state index >= 15 is 0 Å². The van der Waals surface area contributed by atoms with Crippen LogP contribution < -0.4 is 9.80 Å². The van der Waals surface area contributed by atoms with Crippen LogP contribution >= 0.6 is 0 Å². The summed E-state index contributed by atoms with van der Waals surface area (Å²) in [6.45, 7) is 0.675. The van der Waals surface area contributed by atoms with Gasteiger partial charge in [-0.3, -0.25) is 9.55 Å². The van der Waals surface area contributed by atoms with Crippen LogP contribution in [-0.2, 0) is 0 Å². The molecule has 54 heavy (non-hydrogen) atoms. The monoisotopic (exact) mass is 693 g/mol. The molecule has 0 spiro atoms. The molecule has 1 aliphatic rings. The molecule has 0 fully saturated rings. The van der Waals surface area contributed by atoms with Gasteiger partial charge in [0.15, 0.2) is 0 Å². The molecule has 3 aromatic heterocycles. The van der Waals surface area contributed by atoms with Gasteiger partial charge in [-0.2, -0.15) is 0 Å². The third-order valence-electron chi connectivity index (χ3n) is 10.4. The highest BCUT2D eigenvalue weighted by molar-refractivity contribution is 6.12. The van der Waals surface area contributed by atoms with Crippen LogP contribution in [0.25, 0.3) is 38.8 Å². The van der Waals surface area contributed by atoms with Crippen molar-refractivity contribution >= 4 is 55.7 Å². The molecule has 1 aliphatic heterocycles. The van der Waals surface area contributed by atoms with Gasteiger partial charge in [0.25, 0.3) is 0 Å². The van der Waals surface area contributed by atoms with Crippen molar-refractivity contribution in [1.82, 2.24) is 14.5 Å². The quantitative estimate of drug-likeness (QED) is 0.156. The Morgan fingerprint density at radius 3 is 1.76 bits per heavy atom. The summed E-state index contributed by atoms with van der Waals surface area (Å²) in [6.07, 6.45) is 5.63. The Balaban J connectivity index is 1.22. The molecule has 0 bridgehead atoms. The van der Waals surface area contributed by atoms with Gasteiger partial charge >= 0.3 is 0 Å². The van der Waals surface area contributed by atoms with Crippen molar-refractivity contribution in [3.63, 3.8) is 0 Å². The van der Waals surface area contributed by atoms with Gasteiger partial charge in [-0.15, -0.1) is 0 Å². The highest BCUT2D eigenvalue weighted by Crippen LogP contribution is 2.46. The molecular weight excluding hydrogens is 659 g/mol. The average molecular weight is 694 g/mol. The summed E-state index contributed by atoms with van der Waals surface area (Å²) in [5.74, 6) is 0.894. The predicted molar refractivity (Wildman–Crippen MR) is 223 cm³/mol. The summed E-state index contributed by atoms with van der Waals surface area (Å²) in [6, 6.07) is 65.0. The summed E-state index contributed by atoms with van der Waals surface area (Å²) in [4.78, 5) is 14.0. The van der Waals surface area contributed by atoms with Crippen LogP contribution in [0, 0.1) is 0 Å². The lowest BCUT2D eigenvalue weighted by Gasteiger charge is -2.23. The third kappa shape index (κ3) is 5.42. The molecule has 0 saturated heterocycles. The highest BCUT2D eigenvalue weighted by atomic mass is 15.4. The molecule has 0 saturated carbocycles. The van der Waals surface area contributed by atoms with Crippen LogP contribution in [0.15, 0.2) is 201 Å². The van der Waals surface area contributed by atoms with Gasteiger partial charge in [-0.05, 0) is 94.1 Å². The van der Waals surface area contributed by atoms with Gasteiger partial charge in [0.05, 0.1) is 34.3 Å². The van der Waals surface area contributed by atoms with E-state index in [9.17, 15) is 0 Å². The van der Waals surface area contributed by atoms with Gasteiger partial charge in [-0.1, -0.05) is 121 Å². The number of aromatic nitrogens is 3. The normalized spacial score (nSPS) is 12.3. The molecule has 10 rings (SSSR count). The van der Waals surface area contributed by atoms with E-state index in [1.807, 2.05) is 30.7 Å². The van der Waals surface area contributed by atoms with Crippen molar-refractivity contribution in [2.24, 2.45) is 0 Å². The Morgan fingerprint density at radius 1 is 0.426 bits per heavy atom. The number of fused-ring (bicyclic) bond motifs is 4. The average Bonchev–Trinajstić information content (AvgIpc) is 3.80. The Bertz CT molecular complexity index is 2750. The molecule has 6 aromatic carbocycles. The molecule has 256 valence electrons. The minimum absolute atomic E-state index is 0.675. The van der Waals surface area contributed by atoms with Crippen LogP contribution in [0.3, 0.4) is 0 Å². The molecule has 5 heteroatoms. The number of hydrogen-bond acceptors (Lipinski definition) is 4. The first-order valence-corrected chi connectivity index (χ1v) is 18.3. The topological polar surface area (TPSA) is 37.2 Å². The van der Waals surface area contributed by atoms with Crippen molar-refractivity contribution in [2.75, 3.05) is 16.5 Å². The molecule has 4 heterocycles. The van der Waals surface area contributed by atoms with E-state index in [4.69, 9.17) is 4.98 Å². The highest BCUT2D eigenvalue weighted by Gasteiger charge is 2.28. The molecular formula is C49H35N5. The molecule has 0 radical (unpaired) electrons. The number of rotatable bonds is 7. The first-order valence-electron chi connectivity index (χ1n) is 18.3. The summed E-state index contributed by atoms with van der Waals surface area (Å²) in [7, 11) is 0. The van der Waals surface area contributed by atoms with Crippen LogP contribution in [0.2, 0.25) is 0 Å². The molecule has 0 N–H and O–H groups in total. The van der Waals surface area contributed by atoms with Gasteiger partial charge in [0.2, 0.25) is 0 Å². The van der Waals surface area contributed by atoms with E-state index in [1.165, 1.54) is 16.3 Å². The second-order valence-corrected chi connectivity index (χ2v) is 13.5. The van der Waals surface area contributed by atoms with Gasteiger partial charge < -0.3 is 9.80 Å². The molecule has 0 aliphatic carbocycles. The van der Waals surface area contributed by atoms with Gasteiger partial charge in [0, 0.05) is 28.9 Å². The Hall–Kier alpha value is -7.24. The van der Waals surface area contributed by atoms with E-state index in [1.54, 1.807) is 0 Å². The van der Waals surface area contributed by atoms with Crippen molar-refractivity contribution in [3.05, 3.63) is 223 Å². The molecule has 9 aromatic rings. The largest absolute Gasteiger partial charge is 0.321 e. The van der Waals surface area contributed by atoms with Crippen molar-refractivity contribution in [3.8, 4) is 5.82 Å². The number of para-hydroxylation sites is 3. The Morgan fingerprint density at radius 2 is 1.04 bits per heavy atom. The Kier molecular flexibility index (Phi) is 7.81. The molecule has 0 amide bonds. The maximum absolute atomic E-state index is 4.82. The standard InChI is InChI=1S/C49H35N5/c1-3-15-35(16-4-1)48(36-17-5-2-6-18-36)49(38-27-28-42-41-22-7-8-23-43(41)54(46(42)32-38)47-26-11-12-30-51-47)37-19-13-20-39(31-37)52-34-53(40-21-14-29-50-33-40)45-25-10-9-24-44(45)52/h1-33H,34H2. The zero-order valence-electron chi connectivity index (χ0n) is 29.5. The summed E-state index contributed by atoms with van der Waals surface area (Å²) in [5, 5.41) is 2.40. The fourth-order valence-electron chi connectivity index (χ4n) is 7.98. The van der Waals surface area contributed by atoms with E-state index in [-0.39, 0.29) is 0 Å². The number of hydrogen-bond donors (Lipinski definition) is 0. The van der Waals surface area contributed by atoms with E-state index in [0.717, 1.165) is 67.4 Å². The zero-order valence-corrected chi connectivity index (χ0v) is 29.5. The molecule has 0 unspecified atom stereocenters. The van der Waals surface area contributed by atoms with E-state index < -0.39 is 0 Å². The van der Waals surface area contributed by atoms with Crippen molar-refractivity contribution < 1.29 is 0 Å². The fraction of sp³-hybridized carbons (Fsp3) is 0.0204. The van der Waals surface area contributed by atoms with Gasteiger partial charge in [0.1, 0.15) is 12.5 Å². The van der Waals surface area contributed by atoms with Crippen molar-refractivity contribution in [1.29, 1.82) is 0 Å². The molecule has 0 atom stereocenters. The lowest BCUT2D eigenvalue weighted by atomic mass is 9.85. The second kappa shape index (κ2) is 13.4. The van der Waals surface area contributed by atoms with Crippen LogP contribution in [0.1, 0.15) is 22.3 Å². The van der Waals surface area contributed by atoms with E-state index in [0.29, 0.717) is 6.67 Å². The lowest BCUT2D eigenvalue weighted by Crippen LogP contribution is -2.24. The van der Waals surface area contributed by atoms with Gasteiger partial charge in [-0.25, -0.2) is 4.98 Å². The van der Waals surface area contributed by atoms with E-state index in [2.05, 4.69) is 189 Å². The summed E-state index contributed by atoms with van der Waals surface area (Å²) in [5.41, 5.74) is 13.7. The number of benzene rings is 6. The number of anilines is 4. The van der Waals surface area contributed by atoms with Crippen LogP contribution in [0.4, 0.5) is 22.7 Å². The number of pyridine rings is 2. The second-order valence-electron chi connectivity index (χ2n) is 13.5. The van der Waals surface area contributed by atoms with Crippen LogP contribution in [0.5, 0.6) is 0 Å². The SMILES string of the molecule is c1ccc(C(=C(c2cccc(N3CN(c4cccnc4)c4ccccc43)c2)c2ccc3c4ccccc4n(-c4ccccn4)c3c2)c2ccccc2)cc1. The smallest absolute Gasteiger partial charge is 0.137 e. The maximum atomic E-state index is 4.82. The fourth-order valence-corrected chi connectivity index (χ4v) is 7.98. The maximum Gasteiger partial charge on any atom is 0.137 e. The minimum Gasteiger partial charge on any atom is -0.321 e. The zero-order chi connectivity index (χ0) is 35.8. The third-order valence-corrected chi connectivity index (χ3v) is 10.4. The number of nitrogens with zero attached hydrogens (tertiary/aromatic N) is 5. The summed E-state index contributed by atoms with van der Waals surface area (Å²) < 4.78 is 2.29. The Labute approximate surface area is 314 Å². The first-order chi connectivity index (χ1) is 26.8. The van der Waals surface area contributed by atoms with Crippen LogP contribution in [-0.4, -0.2) is 21.2 Å².